The predicted octanol–water partition coefficient (Wildman–Crippen LogP) is 4.95. The summed E-state index contributed by atoms with van der Waals surface area (Å²) in [5.74, 6) is 0.567. The van der Waals surface area contributed by atoms with E-state index in [4.69, 9.17) is 26.1 Å². The molecule has 4 aromatic rings. The maximum atomic E-state index is 14.0. The maximum Gasteiger partial charge on any atom is 0.332 e. The normalized spacial score (nSPS) is 15.9. The molecule has 0 amide bonds. The highest BCUT2D eigenvalue weighted by molar-refractivity contribution is 6.29. The van der Waals surface area contributed by atoms with Crippen molar-refractivity contribution in [3.05, 3.63) is 79.7 Å². The molecule has 1 aliphatic rings. The molecule has 0 bridgehead atoms. The van der Waals surface area contributed by atoms with E-state index in [-0.39, 0.29) is 30.1 Å². The van der Waals surface area contributed by atoms with Gasteiger partial charge in [-0.15, -0.1) is 0 Å². The summed E-state index contributed by atoms with van der Waals surface area (Å²) in [5, 5.41) is 0.379. The van der Waals surface area contributed by atoms with E-state index in [1.165, 1.54) is 4.57 Å². The van der Waals surface area contributed by atoms with E-state index in [1.807, 2.05) is 61.7 Å². The van der Waals surface area contributed by atoms with Crippen LogP contribution in [0, 0.1) is 6.92 Å². The van der Waals surface area contributed by atoms with E-state index in [9.17, 15) is 9.59 Å². The van der Waals surface area contributed by atoms with Crippen LogP contribution in [-0.4, -0.2) is 43.2 Å². The number of halogens is 1. The lowest BCUT2D eigenvalue weighted by Gasteiger charge is -2.22. The molecule has 3 aromatic heterocycles. The first-order valence-electron chi connectivity index (χ1n) is 13.5. The van der Waals surface area contributed by atoms with Crippen molar-refractivity contribution in [2.75, 3.05) is 13.2 Å². The summed E-state index contributed by atoms with van der Waals surface area (Å²) in [5.41, 5.74) is 2.45. The molecule has 5 rings (SSSR count). The number of fused-ring (bicyclic) bond motifs is 1. The van der Waals surface area contributed by atoms with Gasteiger partial charge in [0.25, 0.3) is 5.56 Å². The van der Waals surface area contributed by atoms with Crippen molar-refractivity contribution in [2.45, 2.75) is 71.9 Å². The van der Waals surface area contributed by atoms with E-state index in [0.717, 1.165) is 30.4 Å². The minimum absolute atomic E-state index is 0.212. The summed E-state index contributed by atoms with van der Waals surface area (Å²) in [6, 6.07) is 13.2. The van der Waals surface area contributed by atoms with Crippen LogP contribution in [0.4, 0.5) is 0 Å². The molecule has 1 fully saturated rings. The zero-order chi connectivity index (χ0) is 27.5. The Labute approximate surface area is 232 Å². The van der Waals surface area contributed by atoms with Gasteiger partial charge in [0.1, 0.15) is 11.0 Å². The largest absolute Gasteiger partial charge is 0.353 e. The first kappa shape index (κ1) is 27.3. The van der Waals surface area contributed by atoms with Crippen molar-refractivity contribution in [3.8, 4) is 11.4 Å². The number of pyridine rings is 1. The first-order chi connectivity index (χ1) is 18.8. The number of aromatic nitrogens is 5. The SMILES string of the molecule is Cc1nc(Cl)ccc1-c1nc2c(c(=O)n(CCCOC3CCCCO3)c(=O)n2C(C)C)n1Cc1ccccc1. The second-order valence-corrected chi connectivity index (χ2v) is 10.6. The van der Waals surface area contributed by atoms with Crippen molar-refractivity contribution < 1.29 is 9.47 Å². The molecule has 4 heterocycles. The molecule has 206 valence electrons. The molecule has 0 radical (unpaired) electrons. The summed E-state index contributed by atoms with van der Waals surface area (Å²) < 4.78 is 16.3. The Morgan fingerprint density at radius 1 is 1.08 bits per heavy atom. The molecule has 0 N–H and O–H groups in total. The summed E-state index contributed by atoms with van der Waals surface area (Å²) in [7, 11) is 0. The molecule has 9 nitrogen and oxygen atoms in total. The van der Waals surface area contributed by atoms with E-state index >= 15 is 0 Å². The Bertz CT molecular complexity index is 1570. The average Bonchev–Trinajstić information content (AvgIpc) is 3.27. The van der Waals surface area contributed by atoms with E-state index in [1.54, 1.807) is 10.6 Å². The lowest BCUT2D eigenvalue weighted by Crippen LogP contribution is -2.41. The van der Waals surface area contributed by atoms with Gasteiger partial charge < -0.3 is 14.0 Å². The zero-order valence-electron chi connectivity index (χ0n) is 22.6. The molecule has 1 aromatic carbocycles. The monoisotopic (exact) mass is 551 g/mol. The molecule has 1 aliphatic heterocycles. The van der Waals surface area contributed by atoms with Gasteiger partial charge in [-0.05, 0) is 64.2 Å². The van der Waals surface area contributed by atoms with E-state index in [2.05, 4.69) is 4.98 Å². The van der Waals surface area contributed by atoms with Crippen LogP contribution in [-0.2, 0) is 22.6 Å². The predicted molar refractivity (Wildman–Crippen MR) is 151 cm³/mol. The Morgan fingerprint density at radius 3 is 2.56 bits per heavy atom. The van der Waals surface area contributed by atoms with Crippen molar-refractivity contribution in [1.82, 2.24) is 23.7 Å². The fourth-order valence-corrected chi connectivity index (χ4v) is 5.28. The van der Waals surface area contributed by atoms with Gasteiger partial charge in [0.05, 0.1) is 6.61 Å². The molecule has 10 heteroatoms. The van der Waals surface area contributed by atoms with Crippen molar-refractivity contribution in [2.24, 2.45) is 0 Å². The van der Waals surface area contributed by atoms with Crippen LogP contribution >= 0.6 is 11.6 Å². The molecular weight excluding hydrogens is 518 g/mol. The number of nitrogens with zero attached hydrogens (tertiary/aromatic N) is 5. The lowest BCUT2D eigenvalue weighted by atomic mass is 10.2. The number of hydrogen-bond donors (Lipinski definition) is 0. The minimum Gasteiger partial charge on any atom is -0.353 e. The Hall–Kier alpha value is -3.27. The van der Waals surface area contributed by atoms with Gasteiger partial charge in [-0.25, -0.2) is 14.8 Å². The van der Waals surface area contributed by atoms with Gasteiger partial charge in [0, 0.05) is 37.0 Å². The Balaban J connectivity index is 1.62. The number of rotatable bonds is 9. The molecule has 1 saturated heterocycles. The van der Waals surface area contributed by atoms with Gasteiger partial charge in [0.15, 0.2) is 17.5 Å². The fourth-order valence-electron chi connectivity index (χ4n) is 5.09. The summed E-state index contributed by atoms with van der Waals surface area (Å²) in [4.78, 5) is 37.0. The standard InChI is InChI=1S/C29H34ClN5O4/c1-19(2)35-27-25(28(36)33(29(35)37)15-9-17-39-24-12-7-8-16-38-24)34(18-21-10-5-4-6-11-21)26(32-27)22-13-14-23(30)31-20(22)3/h4-6,10-11,13-14,19,24H,7-9,12,15-18H2,1-3H3. The third kappa shape index (κ3) is 5.71. The molecular formula is C29H34ClN5O4. The van der Waals surface area contributed by atoms with Gasteiger partial charge in [-0.3, -0.25) is 13.9 Å². The number of aryl methyl sites for hydroxylation is 1. The molecule has 1 atom stereocenters. The van der Waals surface area contributed by atoms with Crippen molar-refractivity contribution >= 4 is 22.8 Å². The lowest BCUT2D eigenvalue weighted by molar-refractivity contribution is -0.163. The number of imidazole rings is 1. The third-order valence-electron chi connectivity index (χ3n) is 7.02. The van der Waals surface area contributed by atoms with Crippen LogP contribution in [0.2, 0.25) is 5.15 Å². The van der Waals surface area contributed by atoms with Crippen LogP contribution in [0.1, 0.15) is 56.8 Å². The maximum absolute atomic E-state index is 14.0. The van der Waals surface area contributed by atoms with Gasteiger partial charge >= 0.3 is 5.69 Å². The van der Waals surface area contributed by atoms with Gasteiger partial charge in [-0.1, -0.05) is 41.9 Å². The summed E-state index contributed by atoms with van der Waals surface area (Å²) >= 11 is 6.14. The summed E-state index contributed by atoms with van der Waals surface area (Å²) in [6.07, 6.45) is 3.30. The van der Waals surface area contributed by atoms with Crippen LogP contribution in [0.3, 0.4) is 0 Å². The molecule has 1 unspecified atom stereocenters. The first-order valence-corrected chi connectivity index (χ1v) is 13.9. The topological polar surface area (TPSA) is 93.2 Å². The highest BCUT2D eigenvalue weighted by Crippen LogP contribution is 2.28. The van der Waals surface area contributed by atoms with Crippen molar-refractivity contribution in [3.63, 3.8) is 0 Å². The van der Waals surface area contributed by atoms with E-state index in [0.29, 0.717) is 54.0 Å². The molecule has 0 spiro atoms. The van der Waals surface area contributed by atoms with Crippen LogP contribution in [0.5, 0.6) is 0 Å². The number of hydrogen-bond acceptors (Lipinski definition) is 6. The Morgan fingerprint density at radius 2 is 1.87 bits per heavy atom. The second-order valence-electron chi connectivity index (χ2n) is 10.2. The van der Waals surface area contributed by atoms with Gasteiger partial charge in [-0.2, -0.15) is 0 Å². The zero-order valence-corrected chi connectivity index (χ0v) is 23.4. The highest BCUT2D eigenvalue weighted by Gasteiger charge is 2.25. The second kappa shape index (κ2) is 11.9. The van der Waals surface area contributed by atoms with Gasteiger partial charge in [0.2, 0.25) is 0 Å². The smallest absolute Gasteiger partial charge is 0.332 e. The molecule has 0 aliphatic carbocycles. The molecule has 39 heavy (non-hydrogen) atoms. The minimum atomic E-state index is -0.377. The molecule has 0 saturated carbocycles. The van der Waals surface area contributed by atoms with E-state index < -0.39 is 0 Å². The third-order valence-corrected chi connectivity index (χ3v) is 7.23. The van der Waals surface area contributed by atoms with Crippen LogP contribution in [0.15, 0.2) is 52.1 Å². The highest BCUT2D eigenvalue weighted by atomic mass is 35.5. The van der Waals surface area contributed by atoms with Crippen LogP contribution < -0.4 is 11.2 Å². The summed E-state index contributed by atoms with van der Waals surface area (Å²) in [6.45, 7) is 7.45. The van der Waals surface area contributed by atoms with Crippen molar-refractivity contribution in [1.29, 1.82) is 0 Å². The Kier molecular flexibility index (Phi) is 8.30. The quantitative estimate of drug-likeness (QED) is 0.216. The number of benzene rings is 1. The van der Waals surface area contributed by atoms with Crippen LogP contribution in [0.25, 0.3) is 22.6 Å². The average molecular weight is 552 g/mol. The number of ether oxygens (including phenoxy) is 2. The fraction of sp³-hybridized carbons (Fsp3) is 0.448.